The molecular formula is C9H6N6. The number of hydrogen-bond acceptors (Lipinski definition) is 2. The number of fused-ring (bicyclic) bond motifs is 1. The molecule has 0 heterocycles. The van der Waals surface area contributed by atoms with Gasteiger partial charge in [-0.3, -0.25) is 0 Å². The summed E-state index contributed by atoms with van der Waals surface area (Å²) in [6.07, 6.45) is 4.66. The molecule has 0 N–H and O–H groups in total. The summed E-state index contributed by atoms with van der Waals surface area (Å²) in [5.74, 6) is 0. The molecule has 0 unspecified atom stereocenters. The molecule has 0 aliphatic heterocycles. The molecule has 0 radical (unpaired) electrons. The van der Waals surface area contributed by atoms with Crippen LogP contribution in [-0.2, 0) is 6.42 Å². The highest BCUT2D eigenvalue weighted by Crippen LogP contribution is 2.38. The van der Waals surface area contributed by atoms with Crippen molar-refractivity contribution in [2.75, 3.05) is 0 Å². The van der Waals surface area contributed by atoms with Gasteiger partial charge >= 0.3 is 0 Å². The van der Waals surface area contributed by atoms with Gasteiger partial charge in [0.1, 0.15) is 0 Å². The van der Waals surface area contributed by atoms with Crippen molar-refractivity contribution in [3.8, 4) is 0 Å². The Labute approximate surface area is 85.1 Å². The minimum atomic E-state index is 0.362. The van der Waals surface area contributed by atoms with Crippen LogP contribution in [0.1, 0.15) is 11.1 Å². The Hall–Kier alpha value is -2.42. The maximum Gasteiger partial charge on any atom is 0.0545 e. The Balaban J connectivity index is 2.72. The number of nitrogens with zero attached hydrogens (tertiary/aromatic N) is 6. The quantitative estimate of drug-likeness (QED) is 0.387. The average molecular weight is 198 g/mol. The van der Waals surface area contributed by atoms with Crippen LogP contribution < -0.4 is 0 Å². The highest BCUT2D eigenvalue weighted by atomic mass is 15.2. The molecule has 1 aliphatic rings. The van der Waals surface area contributed by atoms with Crippen molar-refractivity contribution >= 4 is 17.5 Å². The Morgan fingerprint density at radius 1 is 1.13 bits per heavy atom. The van der Waals surface area contributed by atoms with Gasteiger partial charge in [-0.25, -0.2) is 0 Å². The van der Waals surface area contributed by atoms with Crippen molar-refractivity contribution in [2.45, 2.75) is 6.42 Å². The summed E-state index contributed by atoms with van der Waals surface area (Å²) < 4.78 is 0. The van der Waals surface area contributed by atoms with Crippen molar-refractivity contribution in [1.29, 1.82) is 0 Å². The molecule has 0 bridgehead atoms. The fourth-order valence-corrected chi connectivity index (χ4v) is 1.58. The Kier molecular flexibility index (Phi) is 2.29. The molecule has 1 aromatic rings. The molecule has 0 saturated heterocycles. The summed E-state index contributed by atoms with van der Waals surface area (Å²) in [5.41, 5.74) is 19.5. The molecule has 0 aromatic heterocycles. The van der Waals surface area contributed by atoms with E-state index in [0.717, 1.165) is 17.5 Å². The predicted octanol–water partition coefficient (Wildman–Crippen LogP) is 4.14. The Bertz CT molecular complexity index is 532. The van der Waals surface area contributed by atoms with Crippen LogP contribution in [-0.4, -0.2) is 0 Å². The van der Waals surface area contributed by atoms with E-state index in [1.165, 1.54) is 0 Å². The minimum absolute atomic E-state index is 0.362. The van der Waals surface area contributed by atoms with E-state index in [2.05, 4.69) is 20.1 Å². The molecule has 0 saturated carbocycles. The topological polar surface area (TPSA) is 97.5 Å². The van der Waals surface area contributed by atoms with Gasteiger partial charge < -0.3 is 0 Å². The van der Waals surface area contributed by atoms with Crippen LogP contribution in [0.4, 0.5) is 11.4 Å². The van der Waals surface area contributed by atoms with Gasteiger partial charge in [-0.05, 0) is 28.6 Å². The first kappa shape index (κ1) is 9.15. The maximum atomic E-state index is 8.44. The van der Waals surface area contributed by atoms with Crippen LogP contribution in [0.25, 0.3) is 27.0 Å². The zero-order chi connectivity index (χ0) is 10.7. The van der Waals surface area contributed by atoms with Gasteiger partial charge in [0, 0.05) is 15.5 Å². The SMILES string of the molecule is [N-]=[N+]=Nc1ccc2c(c1N=[N+]=[N-])C=CC2. The second-order valence-electron chi connectivity index (χ2n) is 2.99. The standard InChI is InChI=1S/C9H6N6/c10-14-12-8-5-4-6-2-1-3-7(6)9(8)13-15-11/h1,3-5H,2H2. The number of azide groups is 2. The monoisotopic (exact) mass is 198 g/mol. The minimum Gasteiger partial charge on any atom is -0.0795 e. The smallest absolute Gasteiger partial charge is 0.0545 e. The first-order chi connectivity index (χ1) is 7.36. The van der Waals surface area contributed by atoms with E-state index in [9.17, 15) is 0 Å². The van der Waals surface area contributed by atoms with Gasteiger partial charge in [0.05, 0.1) is 5.69 Å². The number of benzene rings is 1. The Morgan fingerprint density at radius 3 is 2.67 bits per heavy atom. The molecule has 0 atom stereocenters. The summed E-state index contributed by atoms with van der Waals surface area (Å²) in [7, 11) is 0. The van der Waals surface area contributed by atoms with E-state index in [1.54, 1.807) is 6.07 Å². The fourth-order valence-electron chi connectivity index (χ4n) is 1.58. The third-order valence-corrected chi connectivity index (χ3v) is 2.21. The molecule has 72 valence electrons. The van der Waals surface area contributed by atoms with E-state index in [4.69, 9.17) is 11.1 Å². The number of allylic oxidation sites excluding steroid dienone is 1. The first-order valence-electron chi connectivity index (χ1n) is 4.29. The lowest BCUT2D eigenvalue weighted by molar-refractivity contribution is 1.28. The average Bonchev–Trinajstić information content (AvgIpc) is 2.70. The van der Waals surface area contributed by atoms with Crippen molar-refractivity contribution in [1.82, 2.24) is 0 Å². The van der Waals surface area contributed by atoms with Crippen LogP contribution in [0, 0.1) is 0 Å². The molecule has 15 heavy (non-hydrogen) atoms. The molecule has 6 nitrogen and oxygen atoms in total. The molecular weight excluding hydrogens is 192 g/mol. The number of hydrogen-bond donors (Lipinski definition) is 0. The van der Waals surface area contributed by atoms with Gasteiger partial charge in [0.15, 0.2) is 0 Å². The van der Waals surface area contributed by atoms with Crippen LogP contribution in [0.15, 0.2) is 28.4 Å². The molecule has 1 aromatic carbocycles. The van der Waals surface area contributed by atoms with Gasteiger partial charge in [-0.2, -0.15) is 0 Å². The van der Waals surface area contributed by atoms with E-state index < -0.39 is 0 Å². The van der Waals surface area contributed by atoms with E-state index in [1.807, 2.05) is 18.2 Å². The van der Waals surface area contributed by atoms with Crippen LogP contribution in [0.2, 0.25) is 0 Å². The summed E-state index contributed by atoms with van der Waals surface area (Å²) in [4.78, 5) is 5.43. The van der Waals surface area contributed by atoms with Crippen molar-refractivity contribution in [3.05, 3.63) is 50.2 Å². The summed E-state index contributed by atoms with van der Waals surface area (Å²) in [6, 6.07) is 3.53. The molecule has 0 spiro atoms. The third-order valence-electron chi connectivity index (χ3n) is 2.21. The van der Waals surface area contributed by atoms with Gasteiger partial charge in [0.25, 0.3) is 0 Å². The molecule has 1 aliphatic carbocycles. The molecule has 0 amide bonds. The van der Waals surface area contributed by atoms with Crippen molar-refractivity contribution < 1.29 is 0 Å². The Morgan fingerprint density at radius 2 is 1.93 bits per heavy atom. The van der Waals surface area contributed by atoms with Gasteiger partial charge in [0.2, 0.25) is 0 Å². The number of rotatable bonds is 2. The third kappa shape index (κ3) is 1.50. The first-order valence-corrected chi connectivity index (χ1v) is 4.29. The molecule has 6 heteroatoms. The van der Waals surface area contributed by atoms with Gasteiger partial charge in [-0.15, -0.1) is 0 Å². The van der Waals surface area contributed by atoms with E-state index >= 15 is 0 Å². The van der Waals surface area contributed by atoms with Crippen LogP contribution >= 0.6 is 0 Å². The van der Waals surface area contributed by atoms with E-state index in [0.29, 0.717) is 11.4 Å². The maximum absolute atomic E-state index is 8.44. The normalized spacial score (nSPS) is 11.5. The van der Waals surface area contributed by atoms with Crippen molar-refractivity contribution in [2.24, 2.45) is 10.2 Å². The lowest BCUT2D eigenvalue weighted by Gasteiger charge is -2.04. The lowest BCUT2D eigenvalue weighted by Crippen LogP contribution is -1.81. The summed E-state index contributed by atoms with van der Waals surface area (Å²) in [6.45, 7) is 0. The van der Waals surface area contributed by atoms with Crippen molar-refractivity contribution in [3.63, 3.8) is 0 Å². The predicted molar refractivity (Wildman–Crippen MR) is 56.8 cm³/mol. The zero-order valence-electron chi connectivity index (χ0n) is 7.70. The fraction of sp³-hybridized carbons (Fsp3) is 0.111. The highest BCUT2D eigenvalue weighted by Gasteiger charge is 2.11. The van der Waals surface area contributed by atoms with E-state index in [-0.39, 0.29) is 0 Å². The van der Waals surface area contributed by atoms with Gasteiger partial charge in [-0.1, -0.05) is 34.5 Å². The summed E-state index contributed by atoms with van der Waals surface area (Å²) in [5, 5.41) is 7.05. The second kappa shape index (κ2) is 3.75. The molecule has 2 rings (SSSR count). The summed E-state index contributed by atoms with van der Waals surface area (Å²) >= 11 is 0. The molecule has 0 fully saturated rings. The largest absolute Gasteiger partial charge is 0.0795 e. The van der Waals surface area contributed by atoms with Crippen LogP contribution in [0.3, 0.4) is 0 Å². The lowest BCUT2D eigenvalue weighted by atomic mass is 10.1. The zero-order valence-corrected chi connectivity index (χ0v) is 7.70. The highest BCUT2D eigenvalue weighted by molar-refractivity contribution is 5.79. The van der Waals surface area contributed by atoms with Crippen LogP contribution in [0.5, 0.6) is 0 Å². The second-order valence-corrected chi connectivity index (χ2v) is 2.99.